The van der Waals surface area contributed by atoms with Gasteiger partial charge in [0, 0.05) is 23.3 Å². The summed E-state index contributed by atoms with van der Waals surface area (Å²) < 4.78 is 0. The maximum atomic E-state index is 13.4. The molecule has 1 unspecified atom stereocenters. The van der Waals surface area contributed by atoms with E-state index in [-0.39, 0.29) is 17.6 Å². The monoisotopic (exact) mass is 422 g/mol. The molecular weight excluding hydrogens is 400 g/mol. The lowest BCUT2D eigenvalue weighted by Crippen LogP contribution is -2.39. The summed E-state index contributed by atoms with van der Waals surface area (Å²) in [5, 5.41) is 20.5. The van der Waals surface area contributed by atoms with Crippen LogP contribution in [0, 0.1) is 10.1 Å². The van der Waals surface area contributed by atoms with Gasteiger partial charge >= 0.3 is 0 Å². The predicted molar refractivity (Wildman–Crippen MR) is 119 cm³/mol. The molecule has 1 amide bonds. The number of amides is 1. The zero-order valence-corrected chi connectivity index (χ0v) is 17.6. The van der Waals surface area contributed by atoms with Crippen LogP contribution in [-0.4, -0.2) is 27.1 Å². The Kier molecular flexibility index (Phi) is 7.03. The predicted octanol–water partition coefficient (Wildman–Crippen LogP) is 5.50. The highest BCUT2D eigenvalue weighted by molar-refractivity contribution is 7.18. The maximum Gasteiger partial charge on any atom is 0.269 e. The van der Waals surface area contributed by atoms with Crippen LogP contribution in [0.25, 0.3) is 10.6 Å². The minimum Gasteiger partial charge on any atom is -0.276 e. The number of nitro groups is 1. The molecule has 154 valence electrons. The van der Waals surface area contributed by atoms with Gasteiger partial charge in [-0.05, 0) is 37.6 Å². The normalized spacial score (nSPS) is 12.1. The van der Waals surface area contributed by atoms with Gasteiger partial charge in [-0.15, -0.1) is 10.2 Å². The van der Waals surface area contributed by atoms with E-state index in [2.05, 4.69) is 17.1 Å². The lowest BCUT2D eigenvalue weighted by molar-refractivity contribution is -0.384. The van der Waals surface area contributed by atoms with Gasteiger partial charge in [0.15, 0.2) is 0 Å². The smallest absolute Gasteiger partial charge is 0.269 e. The molecule has 1 aromatic heterocycles. The second kappa shape index (κ2) is 9.89. The van der Waals surface area contributed by atoms with Crippen LogP contribution >= 0.6 is 11.3 Å². The molecule has 0 spiro atoms. The number of benzene rings is 2. The third-order valence-corrected chi connectivity index (χ3v) is 5.49. The molecule has 0 N–H and O–H groups in total. The molecule has 0 saturated heterocycles. The fourth-order valence-electron chi connectivity index (χ4n) is 3.08. The van der Waals surface area contributed by atoms with Crippen molar-refractivity contribution in [2.24, 2.45) is 0 Å². The van der Waals surface area contributed by atoms with Crippen molar-refractivity contribution >= 4 is 28.1 Å². The molecule has 0 bridgehead atoms. The maximum absolute atomic E-state index is 13.4. The van der Waals surface area contributed by atoms with Crippen LogP contribution in [0.1, 0.15) is 37.0 Å². The number of aromatic nitrogens is 2. The molecule has 3 aromatic rings. The van der Waals surface area contributed by atoms with Crippen molar-refractivity contribution in [2.45, 2.75) is 32.7 Å². The fourth-order valence-corrected chi connectivity index (χ4v) is 3.99. The van der Waals surface area contributed by atoms with Crippen LogP contribution in [0.4, 0.5) is 10.8 Å². The average Bonchev–Trinajstić information content (AvgIpc) is 3.24. The molecule has 8 heteroatoms. The summed E-state index contributed by atoms with van der Waals surface area (Å²) in [7, 11) is 0. The average molecular weight is 423 g/mol. The molecule has 30 heavy (non-hydrogen) atoms. The highest BCUT2D eigenvalue weighted by Gasteiger charge is 2.27. The van der Waals surface area contributed by atoms with Crippen LogP contribution in [0.5, 0.6) is 0 Å². The number of anilines is 1. The van der Waals surface area contributed by atoms with Gasteiger partial charge in [-0.25, -0.2) is 0 Å². The Bertz CT molecular complexity index is 1030. The molecule has 1 atom stereocenters. The van der Waals surface area contributed by atoms with Crippen molar-refractivity contribution < 1.29 is 9.72 Å². The first-order chi connectivity index (χ1) is 14.5. The number of nitrogens with zero attached hydrogens (tertiary/aromatic N) is 4. The minimum atomic E-state index is -0.442. The number of carbonyl (C=O) groups is 1. The zero-order valence-electron chi connectivity index (χ0n) is 16.8. The summed E-state index contributed by atoms with van der Waals surface area (Å²) >= 11 is 1.29. The van der Waals surface area contributed by atoms with E-state index >= 15 is 0 Å². The topological polar surface area (TPSA) is 89.2 Å². The van der Waals surface area contributed by atoms with E-state index < -0.39 is 4.92 Å². The van der Waals surface area contributed by atoms with E-state index in [1.807, 2.05) is 37.3 Å². The van der Waals surface area contributed by atoms with Crippen molar-refractivity contribution in [1.82, 2.24) is 10.2 Å². The number of carbonyl (C=O) groups excluding carboxylic acids is 1. The van der Waals surface area contributed by atoms with Crippen LogP contribution in [-0.2, 0) is 0 Å². The molecule has 7 nitrogen and oxygen atoms in total. The van der Waals surface area contributed by atoms with Crippen LogP contribution in [0.3, 0.4) is 0 Å². The Labute approximate surface area is 178 Å². The Morgan fingerprint density at radius 2 is 1.87 bits per heavy atom. The highest BCUT2D eigenvalue weighted by atomic mass is 32.1. The molecule has 1 heterocycles. The van der Waals surface area contributed by atoms with Crippen LogP contribution in [0.15, 0.2) is 66.7 Å². The van der Waals surface area contributed by atoms with Crippen molar-refractivity contribution in [3.05, 3.63) is 82.4 Å². The largest absolute Gasteiger partial charge is 0.276 e. The molecule has 0 saturated carbocycles. The number of hydrogen-bond donors (Lipinski definition) is 0. The Morgan fingerprint density at radius 1 is 1.17 bits per heavy atom. The minimum absolute atomic E-state index is 0.0143. The van der Waals surface area contributed by atoms with Gasteiger partial charge in [0.05, 0.1) is 11.0 Å². The van der Waals surface area contributed by atoms with Gasteiger partial charge in [-0.2, -0.15) is 0 Å². The molecule has 2 aromatic carbocycles. The van der Waals surface area contributed by atoms with Crippen LogP contribution in [0.2, 0.25) is 0 Å². The quantitative estimate of drug-likeness (QED) is 0.271. The first kappa shape index (κ1) is 21.3. The molecule has 0 aliphatic heterocycles. The van der Waals surface area contributed by atoms with Crippen LogP contribution < -0.4 is 4.90 Å². The van der Waals surface area contributed by atoms with E-state index in [0.29, 0.717) is 15.7 Å². The van der Waals surface area contributed by atoms with E-state index in [0.717, 1.165) is 18.4 Å². The molecule has 0 fully saturated rings. The fraction of sp³-hybridized carbons (Fsp3) is 0.227. The molecular formula is C22H22N4O3S. The number of hydrogen-bond acceptors (Lipinski definition) is 6. The Balaban J connectivity index is 1.99. The second-order valence-corrected chi connectivity index (χ2v) is 7.57. The lowest BCUT2D eigenvalue weighted by atomic mass is 10.1. The van der Waals surface area contributed by atoms with Gasteiger partial charge < -0.3 is 0 Å². The molecule has 3 rings (SSSR count). The van der Waals surface area contributed by atoms with Gasteiger partial charge in [0.2, 0.25) is 5.13 Å². The summed E-state index contributed by atoms with van der Waals surface area (Å²) in [5.41, 5.74) is 1.31. The standard InChI is InChI=1S/C22H22N4O3S/c1-3-8-18(9-4-2)25(21(27)17-10-6-5-7-11-17)22-24-23-20(30-22)16-12-14-19(15-13-16)26(28)29/h3,5-8,10-15,18H,4,9H2,1-2H3/b8-3+. The van der Waals surface area contributed by atoms with Gasteiger partial charge in [0.1, 0.15) is 5.01 Å². The number of non-ortho nitro benzene ring substituents is 1. The number of rotatable bonds is 8. The number of allylic oxidation sites excluding steroid dienone is 1. The van der Waals surface area contributed by atoms with Crippen molar-refractivity contribution in [3.63, 3.8) is 0 Å². The summed E-state index contributed by atoms with van der Waals surface area (Å²) in [6.07, 6.45) is 5.62. The Morgan fingerprint density at radius 3 is 2.47 bits per heavy atom. The SMILES string of the molecule is C/C=C/C(CCC)N(C(=O)c1ccccc1)c1nnc(-c2ccc([N+](=O)[O-])cc2)s1. The lowest BCUT2D eigenvalue weighted by Gasteiger charge is -2.27. The summed E-state index contributed by atoms with van der Waals surface area (Å²) in [4.78, 5) is 25.5. The van der Waals surface area contributed by atoms with Crippen molar-refractivity contribution in [3.8, 4) is 10.6 Å². The zero-order chi connectivity index (χ0) is 21.5. The second-order valence-electron chi connectivity index (χ2n) is 6.62. The van der Waals surface area contributed by atoms with E-state index in [1.54, 1.807) is 29.2 Å². The van der Waals surface area contributed by atoms with E-state index in [9.17, 15) is 14.9 Å². The summed E-state index contributed by atoms with van der Waals surface area (Å²) in [5.74, 6) is -0.140. The van der Waals surface area contributed by atoms with E-state index in [4.69, 9.17) is 0 Å². The third kappa shape index (κ3) is 4.77. The molecule has 0 aliphatic rings. The van der Waals surface area contributed by atoms with Crippen molar-refractivity contribution in [2.75, 3.05) is 4.90 Å². The van der Waals surface area contributed by atoms with E-state index in [1.165, 1.54) is 23.5 Å². The Hall–Kier alpha value is -3.39. The summed E-state index contributed by atoms with van der Waals surface area (Å²) in [6, 6.07) is 15.1. The van der Waals surface area contributed by atoms with Gasteiger partial charge in [-0.1, -0.05) is 55.0 Å². The molecule has 0 aliphatic carbocycles. The van der Waals surface area contributed by atoms with Crippen molar-refractivity contribution in [1.29, 1.82) is 0 Å². The first-order valence-corrected chi connectivity index (χ1v) is 10.5. The third-order valence-electron chi connectivity index (χ3n) is 4.52. The van der Waals surface area contributed by atoms with Gasteiger partial charge in [0.25, 0.3) is 11.6 Å². The first-order valence-electron chi connectivity index (χ1n) is 9.65. The van der Waals surface area contributed by atoms with Gasteiger partial charge in [-0.3, -0.25) is 19.8 Å². The highest BCUT2D eigenvalue weighted by Crippen LogP contribution is 2.32. The molecule has 0 radical (unpaired) electrons. The number of nitro benzene ring substituents is 1. The summed E-state index contributed by atoms with van der Waals surface area (Å²) in [6.45, 7) is 4.00.